The van der Waals surface area contributed by atoms with E-state index < -0.39 is 0 Å². The molecular formula is C15H19N3OS2. The lowest BCUT2D eigenvalue weighted by Gasteiger charge is -2.23. The van der Waals surface area contributed by atoms with Crippen LogP contribution in [0.3, 0.4) is 0 Å². The molecule has 1 aliphatic rings. The van der Waals surface area contributed by atoms with E-state index in [1.807, 2.05) is 18.4 Å². The van der Waals surface area contributed by atoms with Gasteiger partial charge in [-0.2, -0.15) is 0 Å². The predicted octanol–water partition coefficient (Wildman–Crippen LogP) is 3.61. The lowest BCUT2D eigenvalue weighted by atomic mass is 10.0. The second-order valence-electron chi connectivity index (χ2n) is 5.07. The monoisotopic (exact) mass is 321 g/mol. The molecule has 0 unspecified atom stereocenters. The van der Waals surface area contributed by atoms with E-state index >= 15 is 0 Å². The van der Waals surface area contributed by atoms with Gasteiger partial charge in [0, 0.05) is 6.04 Å². The molecule has 3 rings (SSSR count). The highest BCUT2D eigenvalue weighted by Gasteiger charge is 2.26. The van der Waals surface area contributed by atoms with Crippen molar-refractivity contribution >= 4 is 23.1 Å². The number of hydrogen-bond acceptors (Lipinski definition) is 6. The molecule has 1 aromatic carbocycles. The Hall–Kier alpha value is -1.11. The first-order valence-electron chi connectivity index (χ1n) is 7.04. The van der Waals surface area contributed by atoms with Crippen LogP contribution in [-0.2, 0) is 6.54 Å². The van der Waals surface area contributed by atoms with Crippen LogP contribution >= 0.6 is 23.1 Å². The maximum absolute atomic E-state index is 5.24. The van der Waals surface area contributed by atoms with Crippen molar-refractivity contribution in [3.8, 4) is 5.75 Å². The first kappa shape index (κ1) is 14.8. The maximum Gasteiger partial charge on any atom is 0.174 e. The molecule has 0 bridgehead atoms. The molecule has 1 fully saturated rings. The lowest BCUT2D eigenvalue weighted by molar-refractivity contribution is 0.247. The molecule has 0 aliphatic carbocycles. The van der Waals surface area contributed by atoms with Gasteiger partial charge in [0.25, 0.3) is 0 Å². The Bertz CT molecular complexity index is 585. The van der Waals surface area contributed by atoms with Gasteiger partial charge in [-0.1, -0.05) is 35.2 Å². The third-order valence-corrected chi connectivity index (χ3v) is 5.71. The Morgan fingerprint density at radius 1 is 1.33 bits per heavy atom. The summed E-state index contributed by atoms with van der Waals surface area (Å²) in [6.07, 6.45) is 4.49. The van der Waals surface area contributed by atoms with Crippen molar-refractivity contribution in [2.75, 3.05) is 19.9 Å². The minimum atomic E-state index is 0.484. The third kappa shape index (κ3) is 3.39. The Labute approximate surface area is 133 Å². The van der Waals surface area contributed by atoms with E-state index in [0.29, 0.717) is 6.04 Å². The molecule has 112 valence electrons. The van der Waals surface area contributed by atoms with Crippen LogP contribution in [-0.4, -0.2) is 35.0 Å². The van der Waals surface area contributed by atoms with Gasteiger partial charge < -0.3 is 4.74 Å². The zero-order chi connectivity index (χ0) is 14.7. The highest BCUT2D eigenvalue weighted by molar-refractivity contribution is 8.00. The summed E-state index contributed by atoms with van der Waals surface area (Å²) in [6, 6.07) is 8.92. The highest BCUT2D eigenvalue weighted by Crippen LogP contribution is 2.34. The molecule has 21 heavy (non-hydrogen) atoms. The fraction of sp³-hybridized carbons (Fsp3) is 0.467. The van der Waals surface area contributed by atoms with E-state index in [0.717, 1.165) is 28.2 Å². The van der Waals surface area contributed by atoms with Crippen LogP contribution in [0.25, 0.3) is 0 Å². The summed E-state index contributed by atoms with van der Waals surface area (Å²) in [5, 5.41) is 9.59. The van der Waals surface area contributed by atoms with E-state index in [-0.39, 0.29) is 0 Å². The second kappa shape index (κ2) is 6.77. The normalized spacial score (nSPS) is 19.0. The Kier molecular flexibility index (Phi) is 4.77. The summed E-state index contributed by atoms with van der Waals surface area (Å²) < 4.78 is 6.28. The molecule has 4 nitrogen and oxygen atoms in total. The Morgan fingerprint density at radius 2 is 2.14 bits per heavy atom. The molecule has 2 heterocycles. The summed E-state index contributed by atoms with van der Waals surface area (Å²) in [5.74, 6) is 0.914. The molecule has 0 radical (unpaired) electrons. The van der Waals surface area contributed by atoms with Gasteiger partial charge in [0.2, 0.25) is 0 Å². The quantitative estimate of drug-likeness (QED) is 0.787. The number of methoxy groups -OCH3 is 1. The zero-order valence-electron chi connectivity index (χ0n) is 12.3. The van der Waals surface area contributed by atoms with E-state index in [1.54, 1.807) is 30.2 Å². The Balaban J connectivity index is 1.72. The number of benzene rings is 1. The largest absolute Gasteiger partial charge is 0.497 e. The van der Waals surface area contributed by atoms with Crippen LogP contribution in [0.5, 0.6) is 5.75 Å². The fourth-order valence-corrected chi connectivity index (χ4v) is 4.12. The van der Waals surface area contributed by atoms with Crippen molar-refractivity contribution < 1.29 is 4.74 Å². The summed E-state index contributed by atoms with van der Waals surface area (Å²) in [5.41, 5.74) is 1.36. The topological polar surface area (TPSA) is 38.2 Å². The molecule has 0 N–H and O–H groups in total. The minimum Gasteiger partial charge on any atom is -0.497 e. The van der Waals surface area contributed by atoms with Crippen LogP contribution in [0.2, 0.25) is 0 Å². The average Bonchev–Trinajstić information content (AvgIpc) is 3.17. The maximum atomic E-state index is 5.24. The number of nitrogens with zero attached hydrogens (tertiary/aromatic N) is 3. The van der Waals surface area contributed by atoms with Crippen molar-refractivity contribution in [1.29, 1.82) is 0 Å². The predicted molar refractivity (Wildman–Crippen MR) is 87.1 cm³/mol. The number of aromatic nitrogens is 2. The van der Waals surface area contributed by atoms with Crippen LogP contribution in [0.4, 0.5) is 0 Å². The number of rotatable bonds is 5. The van der Waals surface area contributed by atoms with Gasteiger partial charge in [-0.15, -0.1) is 10.2 Å². The average molecular weight is 321 g/mol. The molecule has 0 amide bonds. The van der Waals surface area contributed by atoms with Crippen molar-refractivity contribution in [1.82, 2.24) is 15.1 Å². The van der Waals surface area contributed by atoms with Crippen LogP contribution < -0.4 is 4.74 Å². The van der Waals surface area contributed by atoms with Gasteiger partial charge in [-0.25, -0.2) is 0 Å². The number of hydrogen-bond donors (Lipinski definition) is 0. The molecule has 1 saturated heterocycles. The van der Waals surface area contributed by atoms with Crippen molar-refractivity contribution in [2.24, 2.45) is 0 Å². The molecular weight excluding hydrogens is 302 g/mol. The van der Waals surface area contributed by atoms with Crippen LogP contribution in [0.15, 0.2) is 28.6 Å². The molecule has 2 aromatic rings. The molecule has 0 saturated carbocycles. The van der Waals surface area contributed by atoms with E-state index in [9.17, 15) is 0 Å². The standard InChI is InChI=1S/C15H19N3OS2/c1-19-12-7-5-11(6-8-12)13-4-3-9-18(13)10-14-16-17-15(20-2)21-14/h5-8,13H,3-4,9-10H2,1-2H3/t13-/m0/s1. The molecule has 1 aromatic heterocycles. The molecule has 0 spiro atoms. The summed E-state index contributed by atoms with van der Waals surface area (Å²) in [7, 11) is 1.70. The first-order valence-corrected chi connectivity index (χ1v) is 9.08. The van der Waals surface area contributed by atoms with E-state index in [4.69, 9.17) is 4.74 Å². The number of likely N-dealkylation sites (tertiary alicyclic amines) is 1. The molecule has 1 aliphatic heterocycles. The van der Waals surface area contributed by atoms with E-state index in [1.165, 1.54) is 18.4 Å². The Morgan fingerprint density at radius 3 is 2.81 bits per heavy atom. The summed E-state index contributed by atoms with van der Waals surface area (Å²) >= 11 is 3.36. The zero-order valence-corrected chi connectivity index (χ0v) is 13.9. The SMILES string of the molecule is COc1ccc([C@@H]2CCCN2Cc2nnc(SC)s2)cc1. The lowest BCUT2D eigenvalue weighted by Crippen LogP contribution is -2.22. The smallest absolute Gasteiger partial charge is 0.174 e. The second-order valence-corrected chi connectivity index (χ2v) is 7.18. The van der Waals surface area contributed by atoms with Crippen LogP contribution in [0.1, 0.15) is 29.5 Å². The summed E-state index contributed by atoms with van der Waals surface area (Å²) in [6.45, 7) is 2.03. The van der Waals surface area contributed by atoms with Crippen molar-refractivity contribution in [2.45, 2.75) is 29.8 Å². The number of thioether (sulfide) groups is 1. The van der Waals surface area contributed by atoms with Crippen molar-refractivity contribution in [3.63, 3.8) is 0 Å². The minimum absolute atomic E-state index is 0.484. The highest BCUT2D eigenvalue weighted by atomic mass is 32.2. The van der Waals surface area contributed by atoms with E-state index in [2.05, 4.69) is 27.2 Å². The van der Waals surface area contributed by atoms with Gasteiger partial charge in [0.15, 0.2) is 4.34 Å². The first-order chi connectivity index (χ1) is 10.3. The van der Waals surface area contributed by atoms with Gasteiger partial charge in [0.05, 0.1) is 13.7 Å². The molecule has 1 atom stereocenters. The van der Waals surface area contributed by atoms with Gasteiger partial charge >= 0.3 is 0 Å². The van der Waals surface area contributed by atoms with Gasteiger partial charge in [-0.3, -0.25) is 4.90 Å². The van der Waals surface area contributed by atoms with Crippen molar-refractivity contribution in [3.05, 3.63) is 34.8 Å². The van der Waals surface area contributed by atoms with Gasteiger partial charge in [-0.05, 0) is 43.3 Å². The van der Waals surface area contributed by atoms with Crippen LogP contribution in [0, 0.1) is 0 Å². The summed E-state index contributed by atoms with van der Waals surface area (Å²) in [4.78, 5) is 2.51. The van der Waals surface area contributed by atoms with Gasteiger partial charge in [0.1, 0.15) is 10.8 Å². The molecule has 6 heteroatoms. The third-order valence-electron chi connectivity index (χ3n) is 3.83. The number of ether oxygens (including phenoxy) is 1. The fourth-order valence-electron chi connectivity index (χ4n) is 2.78.